The summed E-state index contributed by atoms with van der Waals surface area (Å²) in [6.07, 6.45) is 3.52. The number of aliphatic hydroxyl groups excluding tert-OH is 1. The summed E-state index contributed by atoms with van der Waals surface area (Å²) < 4.78 is 0. The van der Waals surface area contributed by atoms with E-state index in [9.17, 15) is 14.9 Å². The highest BCUT2D eigenvalue weighted by Gasteiger charge is 2.22. The molecule has 0 bridgehead atoms. The summed E-state index contributed by atoms with van der Waals surface area (Å²) in [5.41, 5.74) is 0.484. The van der Waals surface area contributed by atoms with Crippen molar-refractivity contribution in [2.45, 2.75) is 38.3 Å². The second kappa shape index (κ2) is 7.74. The van der Waals surface area contributed by atoms with Gasteiger partial charge in [-0.05, 0) is 31.6 Å². The molecular formula is C15H21N3O4. The summed E-state index contributed by atoms with van der Waals surface area (Å²) in [5, 5.41) is 25.5. The zero-order valence-electron chi connectivity index (χ0n) is 12.3. The van der Waals surface area contributed by atoms with Crippen LogP contribution in [0.5, 0.6) is 0 Å². The van der Waals surface area contributed by atoms with Gasteiger partial charge in [0.1, 0.15) is 0 Å². The first-order chi connectivity index (χ1) is 10.6. The SMILES string of the molecule is O=C(NCc1ccccc1[N+](=O)[O-])NC1CCC(CO)CC1. The van der Waals surface area contributed by atoms with Crippen molar-refractivity contribution in [3.05, 3.63) is 39.9 Å². The van der Waals surface area contributed by atoms with Crippen LogP contribution < -0.4 is 10.6 Å². The monoisotopic (exact) mass is 307 g/mol. The number of hydrogen-bond donors (Lipinski definition) is 3. The van der Waals surface area contributed by atoms with Crippen molar-refractivity contribution >= 4 is 11.7 Å². The first kappa shape index (κ1) is 16.2. The number of carbonyl (C=O) groups is 1. The summed E-state index contributed by atoms with van der Waals surface area (Å²) in [4.78, 5) is 22.3. The first-order valence-corrected chi connectivity index (χ1v) is 7.47. The Morgan fingerprint density at radius 2 is 1.95 bits per heavy atom. The minimum absolute atomic E-state index is 0.00579. The lowest BCUT2D eigenvalue weighted by Gasteiger charge is -2.27. The van der Waals surface area contributed by atoms with E-state index < -0.39 is 4.92 Å². The number of nitro groups is 1. The van der Waals surface area contributed by atoms with E-state index >= 15 is 0 Å². The van der Waals surface area contributed by atoms with Gasteiger partial charge in [-0.3, -0.25) is 10.1 Å². The molecule has 3 N–H and O–H groups in total. The van der Waals surface area contributed by atoms with Crippen LogP contribution in [0.1, 0.15) is 31.2 Å². The van der Waals surface area contributed by atoms with Gasteiger partial charge < -0.3 is 15.7 Å². The van der Waals surface area contributed by atoms with Crippen molar-refractivity contribution in [1.82, 2.24) is 10.6 Å². The van der Waals surface area contributed by atoms with Gasteiger partial charge in [0, 0.05) is 24.3 Å². The number of para-hydroxylation sites is 1. The number of nitrogens with one attached hydrogen (secondary N) is 2. The summed E-state index contributed by atoms with van der Waals surface area (Å²) >= 11 is 0. The molecule has 1 aromatic rings. The van der Waals surface area contributed by atoms with Crippen LogP contribution in [0.2, 0.25) is 0 Å². The maximum Gasteiger partial charge on any atom is 0.315 e. The molecule has 7 heteroatoms. The number of nitro benzene ring substituents is 1. The van der Waals surface area contributed by atoms with Crippen molar-refractivity contribution in [2.24, 2.45) is 5.92 Å². The van der Waals surface area contributed by atoms with E-state index in [0.717, 1.165) is 25.7 Å². The number of amides is 2. The minimum Gasteiger partial charge on any atom is -0.396 e. The summed E-state index contributed by atoms with van der Waals surface area (Å²) in [6.45, 7) is 0.325. The van der Waals surface area contributed by atoms with Crippen LogP contribution in [0.4, 0.5) is 10.5 Å². The van der Waals surface area contributed by atoms with Crippen LogP contribution in [-0.4, -0.2) is 28.7 Å². The Kier molecular flexibility index (Phi) is 5.71. The van der Waals surface area contributed by atoms with E-state index in [0.29, 0.717) is 11.5 Å². The van der Waals surface area contributed by atoms with Crippen molar-refractivity contribution in [3.8, 4) is 0 Å². The molecule has 0 aromatic heterocycles. The number of rotatable bonds is 5. The van der Waals surface area contributed by atoms with Gasteiger partial charge >= 0.3 is 6.03 Å². The lowest BCUT2D eigenvalue weighted by molar-refractivity contribution is -0.385. The van der Waals surface area contributed by atoms with Crippen molar-refractivity contribution in [1.29, 1.82) is 0 Å². The van der Waals surface area contributed by atoms with Gasteiger partial charge in [-0.15, -0.1) is 0 Å². The lowest BCUT2D eigenvalue weighted by Crippen LogP contribution is -2.43. The standard InChI is InChI=1S/C15H21N3O4/c19-10-11-5-7-13(8-6-11)17-15(20)16-9-12-3-1-2-4-14(12)18(21)22/h1-4,11,13,19H,5-10H2,(H2,16,17,20). The molecule has 1 fully saturated rings. The molecule has 1 aliphatic carbocycles. The molecule has 0 spiro atoms. The molecule has 0 heterocycles. The van der Waals surface area contributed by atoms with Crippen LogP contribution in [0.25, 0.3) is 0 Å². The Morgan fingerprint density at radius 1 is 1.27 bits per heavy atom. The molecule has 1 aliphatic rings. The zero-order valence-corrected chi connectivity index (χ0v) is 12.3. The number of hydrogen-bond acceptors (Lipinski definition) is 4. The van der Waals surface area contributed by atoms with Crippen LogP contribution >= 0.6 is 0 Å². The molecule has 1 saturated carbocycles. The van der Waals surface area contributed by atoms with Gasteiger partial charge in [0.05, 0.1) is 11.5 Å². The Balaban J connectivity index is 1.80. The Labute approximate surface area is 128 Å². The summed E-state index contributed by atoms with van der Waals surface area (Å²) in [6, 6.07) is 6.15. The summed E-state index contributed by atoms with van der Waals surface area (Å²) in [5.74, 6) is 0.341. The van der Waals surface area contributed by atoms with E-state index in [2.05, 4.69) is 10.6 Å². The van der Waals surface area contributed by atoms with E-state index in [1.54, 1.807) is 18.2 Å². The van der Waals surface area contributed by atoms with Crippen molar-refractivity contribution in [2.75, 3.05) is 6.61 Å². The number of aliphatic hydroxyl groups is 1. The highest BCUT2D eigenvalue weighted by molar-refractivity contribution is 5.74. The Hall–Kier alpha value is -2.15. The maximum atomic E-state index is 11.9. The minimum atomic E-state index is -0.453. The fraction of sp³-hybridized carbons (Fsp3) is 0.533. The third-order valence-corrected chi connectivity index (χ3v) is 4.07. The predicted octanol–water partition coefficient (Wildman–Crippen LogP) is 1.95. The Morgan fingerprint density at radius 3 is 2.59 bits per heavy atom. The molecule has 2 rings (SSSR count). The Bertz CT molecular complexity index is 527. The lowest BCUT2D eigenvalue weighted by atomic mass is 9.87. The molecule has 7 nitrogen and oxygen atoms in total. The molecule has 0 aliphatic heterocycles. The van der Waals surface area contributed by atoms with E-state index in [1.165, 1.54) is 6.07 Å². The van der Waals surface area contributed by atoms with Crippen LogP contribution in [0.3, 0.4) is 0 Å². The van der Waals surface area contributed by atoms with Gasteiger partial charge in [-0.1, -0.05) is 18.2 Å². The van der Waals surface area contributed by atoms with Crippen molar-refractivity contribution < 1.29 is 14.8 Å². The average Bonchev–Trinajstić information content (AvgIpc) is 2.54. The highest BCUT2D eigenvalue weighted by Crippen LogP contribution is 2.23. The van der Waals surface area contributed by atoms with Crippen LogP contribution in [0, 0.1) is 16.0 Å². The molecule has 0 saturated heterocycles. The molecule has 2 amide bonds. The smallest absolute Gasteiger partial charge is 0.315 e. The number of urea groups is 1. The zero-order chi connectivity index (χ0) is 15.9. The fourth-order valence-electron chi connectivity index (χ4n) is 2.74. The second-order valence-corrected chi connectivity index (χ2v) is 5.61. The second-order valence-electron chi connectivity index (χ2n) is 5.61. The van der Waals surface area contributed by atoms with E-state index in [-0.39, 0.29) is 30.9 Å². The molecular weight excluding hydrogens is 286 g/mol. The maximum absolute atomic E-state index is 11.9. The van der Waals surface area contributed by atoms with Crippen molar-refractivity contribution in [3.63, 3.8) is 0 Å². The first-order valence-electron chi connectivity index (χ1n) is 7.47. The molecule has 120 valence electrons. The highest BCUT2D eigenvalue weighted by atomic mass is 16.6. The third-order valence-electron chi connectivity index (χ3n) is 4.07. The molecule has 0 radical (unpaired) electrons. The van der Waals surface area contributed by atoms with Gasteiger partial charge in [0.25, 0.3) is 5.69 Å². The molecule has 1 aromatic carbocycles. The van der Waals surface area contributed by atoms with Gasteiger partial charge in [-0.25, -0.2) is 4.79 Å². The van der Waals surface area contributed by atoms with Gasteiger partial charge in [0.2, 0.25) is 0 Å². The normalized spacial score (nSPS) is 21.1. The van der Waals surface area contributed by atoms with Gasteiger partial charge in [-0.2, -0.15) is 0 Å². The molecule has 0 unspecified atom stereocenters. The third kappa shape index (κ3) is 4.42. The van der Waals surface area contributed by atoms with Crippen LogP contribution in [0.15, 0.2) is 24.3 Å². The van der Waals surface area contributed by atoms with Crippen LogP contribution in [-0.2, 0) is 6.54 Å². The number of nitrogens with zero attached hydrogens (tertiary/aromatic N) is 1. The predicted molar refractivity (Wildman–Crippen MR) is 81.3 cm³/mol. The fourth-order valence-corrected chi connectivity index (χ4v) is 2.74. The quantitative estimate of drug-likeness (QED) is 0.571. The topological polar surface area (TPSA) is 104 Å². The van der Waals surface area contributed by atoms with Gasteiger partial charge in [0.15, 0.2) is 0 Å². The number of carbonyl (C=O) groups excluding carboxylic acids is 1. The molecule has 0 atom stereocenters. The largest absolute Gasteiger partial charge is 0.396 e. The summed E-state index contributed by atoms with van der Waals surface area (Å²) in [7, 11) is 0. The molecule has 22 heavy (non-hydrogen) atoms. The average molecular weight is 307 g/mol. The van der Waals surface area contributed by atoms with E-state index in [4.69, 9.17) is 5.11 Å². The van der Waals surface area contributed by atoms with E-state index in [1.807, 2.05) is 0 Å². The number of benzene rings is 1.